The highest BCUT2D eigenvalue weighted by Gasteiger charge is 2.15. The molecule has 0 amide bonds. The van der Waals surface area contributed by atoms with Crippen LogP contribution in [0.3, 0.4) is 0 Å². The summed E-state index contributed by atoms with van der Waals surface area (Å²) in [6.45, 7) is 3.52. The third kappa shape index (κ3) is 6.94. The predicted octanol–water partition coefficient (Wildman–Crippen LogP) is 1.92. The van der Waals surface area contributed by atoms with E-state index in [1.807, 2.05) is 30.3 Å². The van der Waals surface area contributed by atoms with Crippen molar-refractivity contribution >= 4 is 5.97 Å². The number of unbranched alkanes of at least 4 members (excludes halogenated alkanes) is 1. The number of nitrogens with two attached hydrogens (primary N) is 1. The van der Waals surface area contributed by atoms with Crippen molar-refractivity contribution < 1.29 is 14.3 Å². The molecule has 0 fully saturated rings. The predicted molar refractivity (Wildman–Crippen MR) is 74.8 cm³/mol. The third-order valence-electron chi connectivity index (χ3n) is 2.72. The Morgan fingerprint density at radius 1 is 1.21 bits per heavy atom. The molecule has 1 aromatic rings. The normalized spacial score (nSPS) is 12.1. The summed E-state index contributed by atoms with van der Waals surface area (Å²) in [5, 5.41) is 0. The topological polar surface area (TPSA) is 61.5 Å². The van der Waals surface area contributed by atoms with Crippen LogP contribution in [0.1, 0.15) is 25.3 Å². The lowest BCUT2D eigenvalue weighted by Crippen LogP contribution is -2.35. The number of hydrogen-bond donors (Lipinski definition) is 1. The van der Waals surface area contributed by atoms with Crippen molar-refractivity contribution in [2.75, 3.05) is 19.8 Å². The quantitative estimate of drug-likeness (QED) is 0.547. The maximum Gasteiger partial charge on any atom is 0.323 e. The summed E-state index contributed by atoms with van der Waals surface area (Å²) < 4.78 is 10.4. The van der Waals surface area contributed by atoms with Gasteiger partial charge in [0.25, 0.3) is 0 Å². The Labute approximate surface area is 114 Å². The lowest BCUT2D eigenvalue weighted by Gasteiger charge is -2.11. The van der Waals surface area contributed by atoms with Crippen molar-refractivity contribution in [1.82, 2.24) is 0 Å². The van der Waals surface area contributed by atoms with Crippen LogP contribution in [0, 0.1) is 0 Å². The molecule has 0 unspecified atom stereocenters. The van der Waals surface area contributed by atoms with E-state index in [0.717, 1.165) is 18.4 Å². The van der Waals surface area contributed by atoms with Crippen molar-refractivity contribution in [2.24, 2.45) is 5.73 Å². The van der Waals surface area contributed by atoms with Crippen LogP contribution in [-0.2, 0) is 20.7 Å². The molecular weight excluding hydrogens is 242 g/mol. The van der Waals surface area contributed by atoms with Gasteiger partial charge in [-0.2, -0.15) is 0 Å². The fourth-order valence-electron chi connectivity index (χ4n) is 1.61. The monoisotopic (exact) mass is 265 g/mol. The van der Waals surface area contributed by atoms with Crippen LogP contribution in [0.2, 0.25) is 0 Å². The molecule has 19 heavy (non-hydrogen) atoms. The summed E-state index contributed by atoms with van der Waals surface area (Å²) in [6, 6.07) is 9.06. The smallest absolute Gasteiger partial charge is 0.323 e. The minimum Gasteiger partial charge on any atom is -0.462 e. The minimum atomic E-state index is -0.613. The van der Waals surface area contributed by atoms with E-state index in [0.29, 0.717) is 19.6 Å². The van der Waals surface area contributed by atoms with Crippen LogP contribution in [-0.4, -0.2) is 31.8 Å². The fourth-order valence-corrected chi connectivity index (χ4v) is 1.61. The minimum absolute atomic E-state index is 0.269. The summed E-state index contributed by atoms with van der Waals surface area (Å²) >= 11 is 0. The van der Waals surface area contributed by atoms with Gasteiger partial charge in [-0.1, -0.05) is 43.7 Å². The Kier molecular flexibility index (Phi) is 7.86. The Hall–Kier alpha value is -1.39. The van der Waals surface area contributed by atoms with Crippen LogP contribution in [0.25, 0.3) is 0 Å². The number of hydrogen-bond acceptors (Lipinski definition) is 4. The van der Waals surface area contributed by atoms with Crippen LogP contribution >= 0.6 is 0 Å². The van der Waals surface area contributed by atoms with Gasteiger partial charge in [0.05, 0.1) is 6.61 Å². The zero-order valence-corrected chi connectivity index (χ0v) is 11.5. The molecule has 0 spiro atoms. The van der Waals surface area contributed by atoms with Crippen LogP contribution in [0.5, 0.6) is 0 Å². The molecular formula is C15H23NO3. The Balaban J connectivity index is 2.15. The van der Waals surface area contributed by atoms with Crippen LogP contribution in [0.15, 0.2) is 30.3 Å². The molecule has 0 aliphatic rings. The molecule has 0 saturated carbocycles. The standard InChI is InChI=1S/C15H23NO3/c1-2-3-9-18-10-11-19-15(17)14(16)12-13-7-5-4-6-8-13/h4-8,14H,2-3,9-12,16H2,1H3/t14-/m0/s1. The molecule has 2 N–H and O–H groups in total. The van der Waals surface area contributed by atoms with Gasteiger partial charge in [0.2, 0.25) is 0 Å². The molecule has 106 valence electrons. The molecule has 1 rings (SSSR count). The summed E-state index contributed by atoms with van der Waals surface area (Å²) in [4.78, 5) is 11.6. The van der Waals surface area contributed by atoms with E-state index in [2.05, 4.69) is 6.92 Å². The average Bonchev–Trinajstić information content (AvgIpc) is 2.43. The number of carbonyl (C=O) groups excluding carboxylic acids is 1. The fraction of sp³-hybridized carbons (Fsp3) is 0.533. The summed E-state index contributed by atoms with van der Waals surface area (Å²) in [7, 11) is 0. The summed E-state index contributed by atoms with van der Waals surface area (Å²) in [5.74, 6) is -0.372. The lowest BCUT2D eigenvalue weighted by molar-refractivity contribution is -0.146. The largest absolute Gasteiger partial charge is 0.462 e. The molecule has 0 heterocycles. The zero-order valence-electron chi connectivity index (χ0n) is 11.5. The van der Waals surface area contributed by atoms with Gasteiger partial charge in [-0.05, 0) is 18.4 Å². The number of benzene rings is 1. The molecule has 1 atom stereocenters. The van der Waals surface area contributed by atoms with Gasteiger partial charge in [0.1, 0.15) is 12.6 Å². The van der Waals surface area contributed by atoms with Gasteiger partial charge < -0.3 is 15.2 Å². The molecule has 0 aliphatic carbocycles. The first-order chi connectivity index (χ1) is 9.24. The second-order valence-corrected chi connectivity index (χ2v) is 4.43. The molecule has 1 aromatic carbocycles. The Bertz CT molecular complexity index is 354. The molecule has 0 saturated heterocycles. The molecule has 0 aliphatic heterocycles. The summed E-state index contributed by atoms with van der Waals surface area (Å²) in [5.41, 5.74) is 6.83. The highest BCUT2D eigenvalue weighted by molar-refractivity contribution is 5.75. The average molecular weight is 265 g/mol. The van der Waals surface area contributed by atoms with E-state index in [1.54, 1.807) is 0 Å². The van der Waals surface area contributed by atoms with E-state index < -0.39 is 6.04 Å². The van der Waals surface area contributed by atoms with Gasteiger partial charge in [-0.25, -0.2) is 0 Å². The van der Waals surface area contributed by atoms with Gasteiger partial charge in [-0.3, -0.25) is 4.79 Å². The second kappa shape index (κ2) is 9.53. The van der Waals surface area contributed by atoms with E-state index in [9.17, 15) is 4.79 Å². The highest BCUT2D eigenvalue weighted by atomic mass is 16.6. The Morgan fingerprint density at radius 3 is 2.63 bits per heavy atom. The van der Waals surface area contributed by atoms with E-state index in [1.165, 1.54) is 0 Å². The zero-order chi connectivity index (χ0) is 13.9. The van der Waals surface area contributed by atoms with Crippen molar-refractivity contribution in [3.05, 3.63) is 35.9 Å². The van der Waals surface area contributed by atoms with Crippen molar-refractivity contribution in [3.63, 3.8) is 0 Å². The van der Waals surface area contributed by atoms with Crippen molar-refractivity contribution in [2.45, 2.75) is 32.2 Å². The first-order valence-corrected chi connectivity index (χ1v) is 6.78. The number of esters is 1. The summed E-state index contributed by atoms with van der Waals surface area (Å²) in [6.07, 6.45) is 2.62. The van der Waals surface area contributed by atoms with Crippen molar-refractivity contribution in [3.8, 4) is 0 Å². The van der Waals surface area contributed by atoms with Crippen LogP contribution < -0.4 is 5.73 Å². The number of carbonyl (C=O) groups is 1. The van der Waals surface area contributed by atoms with Gasteiger partial charge >= 0.3 is 5.97 Å². The number of rotatable bonds is 9. The van der Waals surface area contributed by atoms with E-state index in [4.69, 9.17) is 15.2 Å². The van der Waals surface area contributed by atoms with Gasteiger partial charge in [0.15, 0.2) is 0 Å². The van der Waals surface area contributed by atoms with Crippen molar-refractivity contribution in [1.29, 1.82) is 0 Å². The molecule has 0 radical (unpaired) electrons. The third-order valence-corrected chi connectivity index (χ3v) is 2.72. The molecule has 0 aromatic heterocycles. The molecule has 0 bridgehead atoms. The first-order valence-electron chi connectivity index (χ1n) is 6.78. The lowest BCUT2D eigenvalue weighted by atomic mass is 10.1. The molecule has 4 heteroatoms. The highest BCUT2D eigenvalue weighted by Crippen LogP contribution is 2.02. The molecule has 4 nitrogen and oxygen atoms in total. The first kappa shape index (κ1) is 15.7. The van der Waals surface area contributed by atoms with Gasteiger partial charge in [-0.15, -0.1) is 0 Å². The van der Waals surface area contributed by atoms with E-state index in [-0.39, 0.29) is 12.6 Å². The number of ether oxygens (including phenoxy) is 2. The van der Waals surface area contributed by atoms with Gasteiger partial charge in [0, 0.05) is 6.61 Å². The van der Waals surface area contributed by atoms with E-state index >= 15 is 0 Å². The van der Waals surface area contributed by atoms with Crippen LogP contribution in [0.4, 0.5) is 0 Å². The maximum absolute atomic E-state index is 11.6. The second-order valence-electron chi connectivity index (χ2n) is 4.43. The SMILES string of the molecule is CCCCOCCOC(=O)[C@@H](N)Cc1ccccc1. The maximum atomic E-state index is 11.6. The Morgan fingerprint density at radius 2 is 1.95 bits per heavy atom.